The van der Waals surface area contributed by atoms with Crippen LogP contribution in [0.5, 0.6) is 0 Å². The molecular weight excluding hydrogens is 398 g/mol. The molecule has 2 N–H and O–H groups in total. The van der Waals surface area contributed by atoms with Crippen LogP contribution in [0.1, 0.15) is 25.8 Å². The molecule has 2 aromatic carbocycles. The number of amides is 1. The summed E-state index contributed by atoms with van der Waals surface area (Å²) >= 11 is 1.79. The van der Waals surface area contributed by atoms with E-state index in [2.05, 4.69) is 38.1 Å². The van der Waals surface area contributed by atoms with E-state index in [1.807, 2.05) is 55.5 Å². The van der Waals surface area contributed by atoms with Gasteiger partial charge in [-0.3, -0.25) is 9.79 Å². The minimum Gasteiger partial charge on any atom is -0.335 e. The van der Waals surface area contributed by atoms with Gasteiger partial charge in [0.2, 0.25) is 0 Å². The smallest absolute Gasteiger partial charge is 0.261 e. The first-order valence-corrected chi connectivity index (χ1v) is 10.7. The second-order valence-electron chi connectivity index (χ2n) is 6.96. The maximum Gasteiger partial charge on any atom is 0.261 e. The van der Waals surface area contributed by atoms with Crippen LogP contribution in [0.2, 0.25) is 0 Å². The predicted octanol–water partition coefficient (Wildman–Crippen LogP) is 3.27. The fourth-order valence-corrected chi connectivity index (χ4v) is 3.99. The van der Waals surface area contributed by atoms with Crippen LogP contribution in [0, 0.1) is 0 Å². The van der Waals surface area contributed by atoms with E-state index >= 15 is 0 Å². The van der Waals surface area contributed by atoms with Crippen LogP contribution in [0.3, 0.4) is 0 Å². The molecule has 1 aliphatic rings. The highest BCUT2D eigenvalue weighted by Crippen LogP contribution is 2.24. The first-order valence-electron chi connectivity index (χ1n) is 9.82. The van der Waals surface area contributed by atoms with Crippen LogP contribution in [-0.2, 0) is 11.3 Å². The lowest BCUT2D eigenvalue weighted by Crippen LogP contribution is -2.24. The van der Waals surface area contributed by atoms with Gasteiger partial charge < -0.3 is 5.32 Å². The van der Waals surface area contributed by atoms with Gasteiger partial charge in [-0.2, -0.15) is 5.10 Å². The number of anilines is 1. The van der Waals surface area contributed by atoms with Gasteiger partial charge >= 0.3 is 0 Å². The van der Waals surface area contributed by atoms with E-state index < -0.39 is 0 Å². The third-order valence-electron chi connectivity index (χ3n) is 4.79. The van der Waals surface area contributed by atoms with Gasteiger partial charge in [0.25, 0.3) is 5.91 Å². The van der Waals surface area contributed by atoms with E-state index in [0.29, 0.717) is 5.25 Å². The number of para-hydroxylation sites is 1. The van der Waals surface area contributed by atoms with Crippen LogP contribution >= 0.6 is 11.8 Å². The summed E-state index contributed by atoms with van der Waals surface area (Å²) in [5, 5.41) is 17.2. The SMILES string of the molecule is CC[C@@H]1CN=C(Nc2ccc(/C(C)=N\NC(=O)Cn3nnc4ccccc43)cc2)S1. The Labute approximate surface area is 178 Å². The lowest BCUT2D eigenvalue weighted by molar-refractivity contribution is -0.121. The molecule has 2 heterocycles. The fraction of sp³-hybridized carbons (Fsp3) is 0.286. The molecule has 1 aliphatic heterocycles. The van der Waals surface area contributed by atoms with Crippen LogP contribution < -0.4 is 10.7 Å². The van der Waals surface area contributed by atoms with E-state index in [4.69, 9.17) is 0 Å². The molecule has 0 aliphatic carbocycles. The average molecular weight is 422 g/mol. The number of rotatable bonds is 6. The summed E-state index contributed by atoms with van der Waals surface area (Å²) in [6, 6.07) is 15.4. The number of carbonyl (C=O) groups excluding carboxylic acids is 1. The molecule has 0 fully saturated rings. The summed E-state index contributed by atoms with van der Waals surface area (Å²) in [4.78, 5) is 16.8. The monoisotopic (exact) mass is 421 g/mol. The summed E-state index contributed by atoms with van der Waals surface area (Å²) in [5.41, 5.74) is 6.79. The van der Waals surface area contributed by atoms with Gasteiger partial charge in [-0.1, -0.05) is 48.2 Å². The van der Waals surface area contributed by atoms with Gasteiger partial charge in [-0.15, -0.1) is 5.10 Å². The van der Waals surface area contributed by atoms with Crippen LogP contribution in [0.25, 0.3) is 11.0 Å². The molecule has 154 valence electrons. The van der Waals surface area contributed by atoms with Crippen molar-refractivity contribution in [2.45, 2.75) is 32.1 Å². The number of amidine groups is 1. The van der Waals surface area contributed by atoms with E-state index in [9.17, 15) is 4.79 Å². The summed E-state index contributed by atoms with van der Waals surface area (Å²) in [6.07, 6.45) is 1.12. The van der Waals surface area contributed by atoms with E-state index in [0.717, 1.165) is 46.1 Å². The van der Waals surface area contributed by atoms with Gasteiger partial charge in [0, 0.05) is 10.9 Å². The molecule has 0 radical (unpaired) electrons. The molecule has 1 atom stereocenters. The standard InChI is InChI=1S/C21H23N7OS/c1-3-17-12-22-21(30-17)23-16-10-8-15(9-11-16)14(2)24-26-20(29)13-28-19-7-5-4-6-18(19)25-27-28/h4-11,17H,3,12-13H2,1-2H3,(H,22,23)(H,26,29)/b24-14-/t17-/m1/s1. The fourth-order valence-electron chi connectivity index (χ4n) is 3.03. The maximum atomic E-state index is 12.3. The maximum absolute atomic E-state index is 12.3. The molecule has 0 saturated heterocycles. The van der Waals surface area contributed by atoms with Crippen molar-refractivity contribution in [2.75, 3.05) is 11.9 Å². The van der Waals surface area contributed by atoms with E-state index in [-0.39, 0.29) is 12.5 Å². The summed E-state index contributed by atoms with van der Waals surface area (Å²) in [5.74, 6) is -0.259. The van der Waals surface area contributed by atoms with Crippen molar-refractivity contribution in [1.82, 2.24) is 20.4 Å². The van der Waals surface area contributed by atoms with Crippen molar-refractivity contribution in [3.63, 3.8) is 0 Å². The molecule has 4 rings (SSSR count). The lowest BCUT2D eigenvalue weighted by Gasteiger charge is -2.08. The number of hydrogen-bond donors (Lipinski definition) is 2. The number of hydrazone groups is 1. The quantitative estimate of drug-likeness (QED) is 0.470. The number of aromatic nitrogens is 3. The molecule has 0 saturated carbocycles. The third-order valence-corrected chi connectivity index (χ3v) is 6.06. The number of thioether (sulfide) groups is 1. The van der Waals surface area contributed by atoms with Crippen molar-refractivity contribution in [3.05, 3.63) is 54.1 Å². The zero-order chi connectivity index (χ0) is 20.9. The Kier molecular flexibility index (Phi) is 6.08. The molecule has 0 spiro atoms. The van der Waals surface area contributed by atoms with Crippen LogP contribution in [0.15, 0.2) is 58.6 Å². The number of hydrogen-bond acceptors (Lipinski definition) is 7. The first-order chi connectivity index (χ1) is 14.6. The highest BCUT2D eigenvalue weighted by Gasteiger charge is 2.17. The molecule has 30 heavy (non-hydrogen) atoms. The number of carbonyl (C=O) groups is 1. The average Bonchev–Trinajstić information content (AvgIpc) is 3.39. The van der Waals surface area contributed by atoms with Crippen LogP contribution in [-0.4, -0.2) is 43.6 Å². The highest BCUT2D eigenvalue weighted by atomic mass is 32.2. The van der Waals surface area contributed by atoms with Crippen molar-refractivity contribution in [2.24, 2.45) is 10.1 Å². The van der Waals surface area contributed by atoms with Crippen molar-refractivity contribution >= 4 is 45.3 Å². The van der Waals surface area contributed by atoms with E-state index in [1.165, 1.54) is 0 Å². The third kappa shape index (κ3) is 4.68. The molecular formula is C21H23N7OS. The zero-order valence-electron chi connectivity index (χ0n) is 16.9. The Morgan fingerprint density at radius 1 is 1.23 bits per heavy atom. The topological polar surface area (TPSA) is 96.6 Å². The zero-order valence-corrected chi connectivity index (χ0v) is 17.7. The number of fused-ring (bicyclic) bond motifs is 1. The van der Waals surface area contributed by atoms with Crippen LogP contribution in [0.4, 0.5) is 5.69 Å². The van der Waals surface area contributed by atoms with Crippen molar-refractivity contribution in [1.29, 1.82) is 0 Å². The number of aliphatic imine (C=N–C) groups is 1. The minimum absolute atomic E-state index is 0.0542. The van der Waals surface area contributed by atoms with E-state index in [1.54, 1.807) is 16.4 Å². The Bertz CT molecular complexity index is 1100. The molecule has 8 nitrogen and oxygen atoms in total. The van der Waals surface area contributed by atoms with Crippen molar-refractivity contribution in [3.8, 4) is 0 Å². The molecule has 1 amide bonds. The van der Waals surface area contributed by atoms with Gasteiger partial charge in [-0.05, 0) is 43.2 Å². The second-order valence-corrected chi connectivity index (χ2v) is 8.25. The number of nitrogens with zero attached hydrogens (tertiary/aromatic N) is 5. The van der Waals surface area contributed by atoms with Gasteiger partial charge in [0.1, 0.15) is 12.1 Å². The Hall–Kier alpha value is -3.20. The summed E-state index contributed by atoms with van der Waals surface area (Å²) in [6.45, 7) is 4.96. The highest BCUT2D eigenvalue weighted by molar-refractivity contribution is 8.15. The van der Waals surface area contributed by atoms with Gasteiger partial charge in [0.05, 0.1) is 17.8 Å². The summed E-state index contributed by atoms with van der Waals surface area (Å²) < 4.78 is 1.56. The Morgan fingerprint density at radius 2 is 2.03 bits per heavy atom. The normalized spacial score (nSPS) is 16.5. The predicted molar refractivity (Wildman–Crippen MR) is 122 cm³/mol. The number of benzene rings is 2. The van der Waals surface area contributed by atoms with Crippen molar-refractivity contribution < 1.29 is 4.79 Å². The number of nitrogens with one attached hydrogen (secondary N) is 2. The molecule has 3 aromatic rings. The van der Waals surface area contributed by atoms with Gasteiger partial charge in [-0.25, -0.2) is 10.1 Å². The molecule has 1 aromatic heterocycles. The Morgan fingerprint density at radius 3 is 2.80 bits per heavy atom. The summed E-state index contributed by atoms with van der Waals surface area (Å²) in [7, 11) is 0. The molecule has 9 heteroatoms. The lowest BCUT2D eigenvalue weighted by atomic mass is 10.1. The molecule has 0 bridgehead atoms. The first kappa shape index (κ1) is 20.1. The van der Waals surface area contributed by atoms with Gasteiger partial charge in [0.15, 0.2) is 5.17 Å². The Balaban J connectivity index is 1.33. The largest absolute Gasteiger partial charge is 0.335 e. The minimum atomic E-state index is -0.259. The second kappa shape index (κ2) is 9.08. The molecule has 0 unspecified atom stereocenters.